The number of nitriles is 2. The van der Waals surface area contributed by atoms with Crippen LogP contribution in [0.5, 0.6) is 11.5 Å². The van der Waals surface area contributed by atoms with E-state index in [0.717, 1.165) is 0 Å². The maximum absolute atomic E-state index is 8.78. The first-order valence-corrected chi connectivity index (χ1v) is 5.52. The van der Waals surface area contributed by atoms with E-state index in [1.54, 1.807) is 36.7 Å². The smallest absolute Gasteiger partial charge is 0.145 e. The second-order valence-electron chi connectivity index (χ2n) is 3.61. The number of pyridine rings is 1. The molecule has 1 heterocycles. The van der Waals surface area contributed by atoms with Gasteiger partial charge in [0, 0.05) is 11.8 Å². The van der Waals surface area contributed by atoms with Crippen LogP contribution in [0.4, 0.5) is 0 Å². The second kappa shape index (κ2) is 6.00. The number of hydrogen-bond donors (Lipinski definition) is 0. The van der Waals surface area contributed by atoms with Gasteiger partial charge in [0.15, 0.2) is 0 Å². The Kier molecular flexibility index (Phi) is 3.90. The lowest BCUT2D eigenvalue weighted by Gasteiger charge is -2.07. The van der Waals surface area contributed by atoms with Crippen LogP contribution in [0.3, 0.4) is 0 Å². The maximum atomic E-state index is 8.78. The molecule has 1 aromatic heterocycles. The van der Waals surface area contributed by atoms with Crippen molar-refractivity contribution >= 4 is 6.08 Å². The zero-order chi connectivity index (χ0) is 13.5. The topological polar surface area (TPSA) is 69.7 Å². The Morgan fingerprint density at radius 1 is 1.11 bits per heavy atom. The lowest BCUT2D eigenvalue weighted by molar-refractivity contribution is 0.479. The molecule has 2 rings (SSSR count). The number of rotatable bonds is 3. The summed E-state index contributed by atoms with van der Waals surface area (Å²) in [5, 5.41) is 17.6. The van der Waals surface area contributed by atoms with Crippen LogP contribution in [-0.4, -0.2) is 4.98 Å². The lowest BCUT2D eigenvalue weighted by atomic mass is 10.1. The van der Waals surface area contributed by atoms with Gasteiger partial charge < -0.3 is 4.74 Å². The third kappa shape index (κ3) is 3.18. The molecule has 0 aliphatic carbocycles. The van der Waals surface area contributed by atoms with E-state index in [1.165, 1.54) is 6.08 Å². The molecule has 0 radical (unpaired) electrons. The number of ether oxygens (including phenoxy) is 1. The number of benzene rings is 1. The third-order valence-corrected chi connectivity index (χ3v) is 2.32. The number of nitrogens with zero attached hydrogens (tertiary/aromatic N) is 3. The van der Waals surface area contributed by atoms with Crippen molar-refractivity contribution in [2.45, 2.75) is 0 Å². The van der Waals surface area contributed by atoms with Crippen LogP contribution >= 0.6 is 0 Å². The highest BCUT2D eigenvalue weighted by atomic mass is 16.5. The summed E-state index contributed by atoms with van der Waals surface area (Å²) in [5.74, 6) is 1.16. The Labute approximate surface area is 110 Å². The van der Waals surface area contributed by atoms with Gasteiger partial charge in [0.1, 0.15) is 29.2 Å². The Morgan fingerprint density at radius 3 is 2.58 bits per heavy atom. The minimum absolute atomic E-state index is 0.0298. The molecule has 0 fully saturated rings. The summed E-state index contributed by atoms with van der Waals surface area (Å²) in [5.41, 5.74) is 0.701. The zero-order valence-electron chi connectivity index (χ0n) is 9.95. The summed E-state index contributed by atoms with van der Waals surface area (Å²) < 4.78 is 5.67. The van der Waals surface area contributed by atoms with Crippen LogP contribution in [0.1, 0.15) is 5.56 Å². The van der Waals surface area contributed by atoms with Crippen molar-refractivity contribution in [2.75, 3.05) is 0 Å². The van der Waals surface area contributed by atoms with Crippen LogP contribution in [-0.2, 0) is 0 Å². The van der Waals surface area contributed by atoms with Crippen LogP contribution in [0.25, 0.3) is 6.08 Å². The van der Waals surface area contributed by atoms with Crippen molar-refractivity contribution in [3.8, 4) is 23.6 Å². The standard InChI is InChI=1S/C15H9N3O/c16-9-12(10-17)8-13-4-1-2-6-15(13)19-14-5-3-7-18-11-14/h1-8,11H. The first-order valence-electron chi connectivity index (χ1n) is 5.52. The summed E-state index contributed by atoms with van der Waals surface area (Å²) in [6.07, 6.45) is 4.74. The third-order valence-electron chi connectivity index (χ3n) is 2.32. The maximum Gasteiger partial charge on any atom is 0.145 e. The second-order valence-corrected chi connectivity index (χ2v) is 3.61. The summed E-state index contributed by atoms with van der Waals surface area (Å²) in [4.78, 5) is 3.96. The highest BCUT2D eigenvalue weighted by Gasteiger charge is 2.03. The SMILES string of the molecule is N#CC(C#N)=Cc1ccccc1Oc1cccnc1. The van der Waals surface area contributed by atoms with Crippen LogP contribution < -0.4 is 4.74 Å². The highest BCUT2D eigenvalue weighted by molar-refractivity contribution is 5.66. The van der Waals surface area contributed by atoms with Gasteiger partial charge >= 0.3 is 0 Å². The molecule has 0 saturated heterocycles. The monoisotopic (exact) mass is 247 g/mol. The molecule has 0 aliphatic heterocycles. The molecule has 90 valence electrons. The van der Waals surface area contributed by atoms with Crippen molar-refractivity contribution < 1.29 is 4.74 Å². The molecular formula is C15H9N3O. The van der Waals surface area contributed by atoms with E-state index in [9.17, 15) is 0 Å². The van der Waals surface area contributed by atoms with Gasteiger partial charge in [-0.1, -0.05) is 18.2 Å². The summed E-state index contributed by atoms with van der Waals surface area (Å²) >= 11 is 0. The van der Waals surface area contributed by atoms with Crippen molar-refractivity contribution in [3.63, 3.8) is 0 Å². The molecule has 1 aromatic carbocycles. The van der Waals surface area contributed by atoms with E-state index in [0.29, 0.717) is 17.1 Å². The fourth-order valence-corrected chi connectivity index (χ4v) is 1.47. The summed E-state index contributed by atoms with van der Waals surface area (Å²) in [6, 6.07) is 14.4. The Balaban J connectivity index is 2.35. The van der Waals surface area contributed by atoms with E-state index < -0.39 is 0 Å². The van der Waals surface area contributed by atoms with Gasteiger partial charge in [-0.25, -0.2) is 0 Å². The van der Waals surface area contributed by atoms with E-state index >= 15 is 0 Å². The fourth-order valence-electron chi connectivity index (χ4n) is 1.47. The zero-order valence-corrected chi connectivity index (χ0v) is 9.95. The molecule has 0 amide bonds. The Bertz CT molecular complexity index is 663. The molecule has 19 heavy (non-hydrogen) atoms. The van der Waals surface area contributed by atoms with Gasteiger partial charge in [-0.2, -0.15) is 10.5 Å². The van der Waals surface area contributed by atoms with Crippen LogP contribution in [0, 0.1) is 22.7 Å². The van der Waals surface area contributed by atoms with Crippen molar-refractivity contribution in [1.29, 1.82) is 10.5 Å². The van der Waals surface area contributed by atoms with Crippen LogP contribution in [0.2, 0.25) is 0 Å². The van der Waals surface area contributed by atoms with Gasteiger partial charge in [-0.3, -0.25) is 4.98 Å². The molecule has 0 saturated carbocycles. The molecule has 4 heteroatoms. The normalized spacial score (nSPS) is 8.95. The van der Waals surface area contributed by atoms with E-state index in [4.69, 9.17) is 15.3 Å². The predicted octanol–water partition coefficient (Wildman–Crippen LogP) is 3.30. The van der Waals surface area contributed by atoms with E-state index in [-0.39, 0.29) is 5.57 Å². The largest absolute Gasteiger partial charge is 0.455 e. The average molecular weight is 247 g/mol. The fraction of sp³-hybridized carbons (Fsp3) is 0. The molecule has 0 bridgehead atoms. The number of para-hydroxylation sites is 1. The van der Waals surface area contributed by atoms with Gasteiger partial charge in [0.2, 0.25) is 0 Å². The molecule has 0 N–H and O–H groups in total. The molecule has 4 nitrogen and oxygen atoms in total. The summed E-state index contributed by atoms with van der Waals surface area (Å²) in [7, 11) is 0. The van der Waals surface area contributed by atoms with Crippen LogP contribution in [0.15, 0.2) is 54.4 Å². The quantitative estimate of drug-likeness (QED) is 0.780. The van der Waals surface area contributed by atoms with Crippen molar-refractivity contribution in [2.24, 2.45) is 0 Å². The highest BCUT2D eigenvalue weighted by Crippen LogP contribution is 2.26. The number of hydrogen-bond acceptors (Lipinski definition) is 4. The first kappa shape index (κ1) is 12.3. The van der Waals surface area contributed by atoms with Crippen molar-refractivity contribution in [3.05, 3.63) is 59.9 Å². The average Bonchev–Trinajstić information content (AvgIpc) is 2.47. The van der Waals surface area contributed by atoms with Crippen molar-refractivity contribution in [1.82, 2.24) is 4.98 Å². The minimum Gasteiger partial charge on any atom is -0.455 e. The Hall–Kier alpha value is -3.11. The molecule has 0 atom stereocenters. The predicted molar refractivity (Wildman–Crippen MR) is 70.0 cm³/mol. The Morgan fingerprint density at radius 2 is 1.89 bits per heavy atom. The number of aromatic nitrogens is 1. The lowest BCUT2D eigenvalue weighted by Crippen LogP contribution is -1.88. The van der Waals surface area contributed by atoms with Gasteiger partial charge in [-0.05, 0) is 24.3 Å². The minimum atomic E-state index is 0.0298. The molecule has 0 spiro atoms. The van der Waals surface area contributed by atoms with Gasteiger partial charge in [0.05, 0.1) is 6.20 Å². The van der Waals surface area contributed by atoms with Gasteiger partial charge in [0.25, 0.3) is 0 Å². The van der Waals surface area contributed by atoms with Gasteiger partial charge in [-0.15, -0.1) is 0 Å². The number of allylic oxidation sites excluding steroid dienone is 1. The van der Waals surface area contributed by atoms with E-state index in [1.807, 2.05) is 24.3 Å². The summed E-state index contributed by atoms with van der Waals surface area (Å²) in [6.45, 7) is 0. The van der Waals surface area contributed by atoms with E-state index in [2.05, 4.69) is 4.98 Å². The molecule has 2 aromatic rings. The molecule has 0 unspecified atom stereocenters. The molecular weight excluding hydrogens is 238 g/mol. The first-order chi connectivity index (χ1) is 9.33. The molecule has 0 aliphatic rings.